The van der Waals surface area contributed by atoms with Gasteiger partial charge in [-0.3, -0.25) is 9.88 Å². The summed E-state index contributed by atoms with van der Waals surface area (Å²) < 4.78 is 0. The number of benzene rings is 2. The maximum Gasteiger partial charge on any atom is 0.101 e. The zero-order valence-corrected chi connectivity index (χ0v) is 19.6. The van der Waals surface area contributed by atoms with Crippen LogP contribution < -0.4 is 15.5 Å². The van der Waals surface area contributed by atoms with E-state index >= 15 is 0 Å². The Morgan fingerprint density at radius 1 is 1.15 bits per heavy atom. The Morgan fingerprint density at radius 3 is 2.76 bits per heavy atom. The molecule has 0 amide bonds. The first-order valence-corrected chi connectivity index (χ1v) is 12.0. The van der Waals surface area contributed by atoms with Gasteiger partial charge in [0.25, 0.3) is 0 Å². The van der Waals surface area contributed by atoms with Crippen LogP contribution in [0.25, 0.3) is 10.9 Å². The van der Waals surface area contributed by atoms with Crippen LogP contribution in [-0.4, -0.2) is 58.9 Å². The fourth-order valence-electron chi connectivity index (χ4n) is 6.03. The van der Waals surface area contributed by atoms with E-state index in [-0.39, 0.29) is 6.04 Å². The Balaban J connectivity index is 1.32. The van der Waals surface area contributed by atoms with Crippen molar-refractivity contribution in [2.75, 3.05) is 36.0 Å². The second-order valence-electron chi connectivity index (χ2n) is 10.3. The van der Waals surface area contributed by atoms with Crippen LogP contribution in [0.2, 0.25) is 0 Å². The number of rotatable bonds is 2. The predicted octanol–water partition coefficient (Wildman–Crippen LogP) is 2.77. The molecule has 3 aromatic rings. The number of nitrogens with two attached hydrogens (primary N) is 1. The summed E-state index contributed by atoms with van der Waals surface area (Å²) in [5, 5.41) is 21.1. The molecular weight excluding hydrogens is 424 g/mol. The van der Waals surface area contributed by atoms with Gasteiger partial charge in [0, 0.05) is 61.7 Å². The summed E-state index contributed by atoms with van der Waals surface area (Å²) in [5.41, 5.74) is 11.7. The van der Waals surface area contributed by atoms with Crippen molar-refractivity contribution in [1.29, 1.82) is 5.26 Å². The zero-order chi connectivity index (χ0) is 23.6. The van der Waals surface area contributed by atoms with Crippen molar-refractivity contribution in [1.82, 2.24) is 9.88 Å². The molecule has 0 aliphatic carbocycles. The van der Waals surface area contributed by atoms with Crippen LogP contribution in [0, 0.1) is 11.3 Å². The first kappa shape index (κ1) is 21.4. The van der Waals surface area contributed by atoms with E-state index in [0.29, 0.717) is 30.7 Å². The van der Waals surface area contributed by atoms with Gasteiger partial charge in [-0.2, -0.15) is 5.26 Å². The van der Waals surface area contributed by atoms with E-state index in [2.05, 4.69) is 63.0 Å². The SMILES string of the molecule is C[C@@H]1CN(c2ccc(C#N)c3ncccc23)C[C@@H]2c3ccc(N4CC(N)[C@](C)(O)C4)cc3CN12. The van der Waals surface area contributed by atoms with E-state index < -0.39 is 5.60 Å². The highest BCUT2D eigenvalue weighted by Crippen LogP contribution is 2.42. The molecule has 2 saturated heterocycles. The van der Waals surface area contributed by atoms with Crippen LogP contribution in [0.4, 0.5) is 11.4 Å². The highest BCUT2D eigenvalue weighted by Gasteiger charge is 2.41. The lowest BCUT2D eigenvalue weighted by Crippen LogP contribution is -2.51. The number of aliphatic hydroxyl groups is 1. The Morgan fingerprint density at radius 2 is 2.00 bits per heavy atom. The van der Waals surface area contributed by atoms with Gasteiger partial charge in [-0.25, -0.2) is 0 Å². The molecule has 3 N–H and O–H groups in total. The van der Waals surface area contributed by atoms with E-state index in [0.717, 1.165) is 41.9 Å². The summed E-state index contributed by atoms with van der Waals surface area (Å²) in [4.78, 5) is 11.8. The highest BCUT2D eigenvalue weighted by molar-refractivity contribution is 5.95. The molecule has 3 aliphatic rings. The van der Waals surface area contributed by atoms with Gasteiger partial charge in [0.2, 0.25) is 0 Å². The molecule has 7 heteroatoms. The Kier molecular flexibility index (Phi) is 4.82. The first-order valence-electron chi connectivity index (χ1n) is 12.0. The number of nitriles is 1. The van der Waals surface area contributed by atoms with Crippen LogP contribution in [0.1, 0.15) is 36.6 Å². The van der Waals surface area contributed by atoms with Gasteiger partial charge in [0.1, 0.15) is 6.07 Å². The summed E-state index contributed by atoms with van der Waals surface area (Å²) >= 11 is 0. The van der Waals surface area contributed by atoms with E-state index in [1.54, 1.807) is 6.20 Å². The largest absolute Gasteiger partial charge is 0.387 e. The van der Waals surface area contributed by atoms with Crippen LogP contribution in [0.5, 0.6) is 0 Å². The predicted molar refractivity (Wildman–Crippen MR) is 134 cm³/mol. The molecule has 34 heavy (non-hydrogen) atoms. The normalized spacial score (nSPS) is 28.7. The quantitative estimate of drug-likeness (QED) is 0.615. The number of piperazine rings is 1. The second kappa shape index (κ2) is 7.67. The molecule has 1 unspecified atom stereocenters. The summed E-state index contributed by atoms with van der Waals surface area (Å²) in [7, 11) is 0. The van der Waals surface area contributed by atoms with Gasteiger partial charge < -0.3 is 20.6 Å². The molecule has 7 nitrogen and oxygen atoms in total. The maximum absolute atomic E-state index is 10.5. The first-order chi connectivity index (χ1) is 16.4. The van der Waals surface area contributed by atoms with Gasteiger partial charge in [-0.05, 0) is 61.4 Å². The van der Waals surface area contributed by atoms with Crippen molar-refractivity contribution in [2.24, 2.45) is 5.73 Å². The minimum atomic E-state index is -0.857. The van der Waals surface area contributed by atoms with Crippen molar-refractivity contribution in [3.8, 4) is 6.07 Å². The van der Waals surface area contributed by atoms with E-state index in [9.17, 15) is 10.4 Å². The van der Waals surface area contributed by atoms with E-state index in [1.165, 1.54) is 11.1 Å². The summed E-state index contributed by atoms with van der Waals surface area (Å²) in [6.45, 7) is 8.12. The summed E-state index contributed by atoms with van der Waals surface area (Å²) in [6, 6.07) is 17.5. The molecule has 3 aliphatic heterocycles. The number of pyridine rings is 1. The standard InChI is InChI=1S/C27H30N6O/c1-17-12-31(23-8-5-18(11-28)26-22(23)4-3-9-30-26)14-24-21-7-6-20(10-19(21)13-33(17)24)32-15-25(29)27(2,34)16-32/h3-10,17,24-25,34H,12-16,29H2,1-2H3/t17-,24-,25?,27-/m1/s1. The van der Waals surface area contributed by atoms with Gasteiger partial charge in [0.15, 0.2) is 0 Å². The molecule has 1 aromatic heterocycles. The molecule has 174 valence electrons. The van der Waals surface area contributed by atoms with Crippen LogP contribution >= 0.6 is 0 Å². The average Bonchev–Trinajstić information content (AvgIpc) is 3.34. The second-order valence-corrected chi connectivity index (χ2v) is 10.3. The smallest absolute Gasteiger partial charge is 0.101 e. The number of anilines is 2. The van der Waals surface area contributed by atoms with Gasteiger partial charge in [0.05, 0.1) is 28.8 Å². The lowest BCUT2D eigenvalue weighted by molar-refractivity contribution is 0.0674. The third-order valence-electron chi connectivity index (χ3n) is 7.98. The molecule has 0 radical (unpaired) electrons. The summed E-state index contributed by atoms with van der Waals surface area (Å²) in [5.74, 6) is 0. The number of β-amino-alcohol motifs (C(OH)–C–C–N with tert-alkyl or cyclic N) is 1. The van der Waals surface area contributed by atoms with Crippen molar-refractivity contribution in [3.05, 3.63) is 65.4 Å². The molecule has 2 aromatic carbocycles. The molecule has 2 fully saturated rings. The molecule has 4 heterocycles. The lowest BCUT2D eigenvalue weighted by Gasteiger charge is -2.43. The molecular formula is C27H30N6O. The monoisotopic (exact) mass is 454 g/mol. The zero-order valence-electron chi connectivity index (χ0n) is 19.6. The molecule has 0 bridgehead atoms. The minimum absolute atomic E-state index is 0.239. The summed E-state index contributed by atoms with van der Waals surface area (Å²) in [6.07, 6.45) is 1.75. The lowest BCUT2D eigenvalue weighted by atomic mass is 9.99. The van der Waals surface area contributed by atoms with Crippen molar-refractivity contribution >= 4 is 22.3 Å². The molecule has 0 saturated carbocycles. The fraction of sp³-hybridized carbons (Fsp3) is 0.407. The Hall–Kier alpha value is -3.18. The van der Waals surface area contributed by atoms with Crippen molar-refractivity contribution < 1.29 is 5.11 Å². The van der Waals surface area contributed by atoms with Crippen molar-refractivity contribution in [2.45, 2.75) is 44.1 Å². The van der Waals surface area contributed by atoms with Gasteiger partial charge >= 0.3 is 0 Å². The number of nitrogens with zero attached hydrogens (tertiary/aromatic N) is 5. The third-order valence-corrected chi connectivity index (χ3v) is 7.98. The number of fused-ring (bicyclic) bond motifs is 4. The third kappa shape index (κ3) is 3.25. The number of hydrogen-bond donors (Lipinski definition) is 2. The van der Waals surface area contributed by atoms with Gasteiger partial charge in [-0.15, -0.1) is 0 Å². The molecule has 6 rings (SSSR count). The van der Waals surface area contributed by atoms with E-state index in [1.807, 2.05) is 19.1 Å². The number of aromatic nitrogens is 1. The Labute approximate surface area is 200 Å². The fourth-order valence-corrected chi connectivity index (χ4v) is 6.03. The highest BCUT2D eigenvalue weighted by atomic mass is 16.3. The molecule has 4 atom stereocenters. The maximum atomic E-state index is 10.5. The van der Waals surface area contributed by atoms with Crippen LogP contribution in [0.3, 0.4) is 0 Å². The van der Waals surface area contributed by atoms with Gasteiger partial charge in [-0.1, -0.05) is 6.07 Å². The Bertz CT molecular complexity index is 1310. The number of hydrogen-bond acceptors (Lipinski definition) is 7. The minimum Gasteiger partial charge on any atom is -0.387 e. The van der Waals surface area contributed by atoms with E-state index in [4.69, 9.17) is 5.73 Å². The topological polar surface area (TPSA) is 92.7 Å². The van der Waals surface area contributed by atoms with Crippen molar-refractivity contribution in [3.63, 3.8) is 0 Å². The van der Waals surface area contributed by atoms with Crippen LogP contribution in [-0.2, 0) is 6.54 Å². The average molecular weight is 455 g/mol. The van der Waals surface area contributed by atoms with Crippen LogP contribution in [0.15, 0.2) is 48.7 Å². The molecule has 0 spiro atoms.